The maximum Gasteiger partial charge on any atom is 0.343 e. The first-order valence-electron chi connectivity index (χ1n) is 8.10. The fourth-order valence-corrected chi connectivity index (χ4v) is 2.54. The third kappa shape index (κ3) is 6.40. The van der Waals surface area contributed by atoms with Gasteiger partial charge < -0.3 is 14.6 Å². The second-order valence-corrected chi connectivity index (χ2v) is 6.31. The maximum atomic E-state index is 14.0. The van der Waals surface area contributed by atoms with E-state index in [1.54, 1.807) is 6.92 Å². The zero-order valence-electron chi connectivity index (χ0n) is 15.6. The summed E-state index contributed by atoms with van der Waals surface area (Å²) >= 11 is 11.5. The van der Waals surface area contributed by atoms with Gasteiger partial charge in [-0.15, -0.1) is 0 Å². The fourth-order valence-electron chi connectivity index (χ4n) is 1.97. The number of carbonyl (C=O) groups excluding carboxylic acids is 2. The number of aliphatic imine (C=N–C) groups is 1. The van der Waals surface area contributed by atoms with E-state index in [1.165, 1.54) is 13.8 Å². The number of hydrogen-bond acceptors (Lipinski definition) is 8. The number of rotatable bonds is 8. The van der Waals surface area contributed by atoms with Crippen molar-refractivity contribution in [3.8, 4) is 0 Å². The molecule has 1 aromatic carbocycles. The minimum absolute atomic E-state index is 0.0602. The minimum atomic E-state index is -1.23. The van der Waals surface area contributed by atoms with Gasteiger partial charge in [0.2, 0.25) is 0 Å². The van der Waals surface area contributed by atoms with Crippen LogP contribution in [0.1, 0.15) is 26.3 Å². The van der Waals surface area contributed by atoms with E-state index in [2.05, 4.69) is 4.99 Å². The molecule has 1 aromatic rings. The van der Waals surface area contributed by atoms with Crippen molar-refractivity contribution >= 4 is 52.8 Å². The van der Waals surface area contributed by atoms with Crippen molar-refractivity contribution in [2.24, 2.45) is 4.99 Å². The van der Waals surface area contributed by atoms with Gasteiger partial charge in [0.05, 0.1) is 17.6 Å². The van der Waals surface area contributed by atoms with E-state index in [0.717, 1.165) is 6.21 Å². The summed E-state index contributed by atoms with van der Waals surface area (Å²) in [5, 5.41) is 20.1. The van der Waals surface area contributed by atoms with E-state index >= 15 is 0 Å². The Kier molecular flexibility index (Phi) is 8.99. The van der Waals surface area contributed by atoms with E-state index < -0.39 is 61.3 Å². The SMILES string of the molecule is CCOC(=O)/C(C=N[C@@H](C)COC(C)=O)=C(\O)c1cc(F)c(Cl)c([N+](=O)[O-])c1Cl. The lowest BCUT2D eigenvalue weighted by atomic mass is 10.1. The number of benzene rings is 1. The smallest absolute Gasteiger partial charge is 0.343 e. The lowest BCUT2D eigenvalue weighted by molar-refractivity contribution is -0.384. The van der Waals surface area contributed by atoms with Crippen molar-refractivity contribution in [3.63, 3.8) is 0 Å². The summed E-state index contributed by atoms with van der Waals surface area (Å²) in [6.45, 7) is 4.10. The molecule has 0 aromatic heterocycles. The van der Waals surface area contributed by atoms with Crippen LogP contribution in [0, 0.1) is 15.9 Å². The molecule has 0 radical (unpaired) electrons. The number of nitro benzene ring substituents is 1. The molecule has 158 valence electrons. The van der Waals surface area contributed by atoms with Gasteiger partial charge in [0.15, 0.2) is 5.02 Å². The van der Waals surface area contributed by atoms with E-state index in [-0.39, 0.29) is 13.2 Å². The third-order valence-electron chi connectivity index (χ3n) is 3.31. The third-order valence-corrected chi connectivity index (χ3v) is 4.05. The molecule has 9 nitrogen and oxygen atoms in total. The molecule has 0 unspecified atom stereocenters. The molecule has 0 fully saturated rings. The zero-order valence-corrected chi connectivity index (χ0v) is 17.1. The second kappa shape index (κ2) is 10.7. The number of esters is 2. The van der Waals surface area contributed by atoms with Crippen LogP contribution in [0.25, 0.3) is 5.76 Å². The molecule has 0 saturated heterocycles. The monoisotopic (exact) mass is 450 g/mol. The summed E-state index contributed by atoms with van der Waals surface area (Å²) in [6, 6.07) is 0.0328. The number of carbonyl (C=O) groups is 2. The molecule has 0 bridgehead atoms. The van der Waals surface area contributed by atoms with Crippen LogP contribution < -0.4 is 0 Å². The number of nitrogens with zero attached hydrogens (tertiary/aromatic N) is 2. The Hall–Kier alpha value is -2.72. The molecule has 0 aliphatic heterocycles. The summed E-state index contributed by atoms with van der Waals surface area (Å²) in [6.07, 6.45) is 0.913. The van der Waals surface area contributed by atoms with Crippen molar-refractivity contribution in [1.82, 2.24) is 0 Å². The molecule has 1 N–H and O–H groups in total. The number of aliphatic hydroxyl groups is 1. The highest BCUT2D eigenvalue weighted by Crippen LogP contribution is 2.39. The summed E-state index contributed by atoms with van der Waals surface area (Å²) in [5.41, 5.74) is -2.07. The first-order chi connectivity index (χ1) is 13.5. The molecule has 0 amide bonds. The van der Waals surface area contributed by atoms with Gasteiger partial charge in [-0.2, -0.15) is 0 Å². The van der Waals surface area contributed by atoms with Crippen LogP contribution >= 0.6 is 23.2 Å². The van der Waals surface area contributed by atoms with Gasteiger partial charge in [0, 0.05) is 18.7 Å². The molecule has 0 aliphatic rings. The molecule has 12 heteroatoms. The van der Waals surface area contributed by atoms with Crippen molar-refractivity contribution < 1.29 is 33.5 Å². The Morgan fingerprint density at radius 1 is 1.38 bits per heavy atom. The standard InChI is InChI=1S/C17H17Cl2FN2O7/c1-4-28-17(25)11(6-21-8(2)7-29-9(3)23)16(24)10-5-12(20)14(19)15(13(10)18)22(26)27/h5-6,8,24H,4,7H2,1-3H3/b16-11-,21-6?/t8-/m0/s1. The fraction of sp³-hybridized carbons (Fsp3) is 0.353. The average Bonchev–Trinajstić information content (AvgIpc) is 2.63. The van der Waals surface area contributed by atoms with E-state index in [1.807, 2.05) is 0 Å². The van der Waals surface area contributed by atoms with Gasteiger partial charge in [-0.25, -0.2) is 9.18 Å². The average molecular weight is 451 g/mol. The second-order valence-electron chi connectivity index (χ2n) is 5.55. The highest BCUT2D eigenvalue weighted by atomic mass is 35.5. The maximum absolute atomic E-state index is 14.0. The normalized spacial score (nSPS) is 13.0. The van der Waals surface area contributed by atoms with Crippen molar-refractivity contribution in [2.75, 3.05) is 13.2 Å². The quantitative estimate of drug-likeness (QED) is 0.121. The van der Waals surface area contributed by atoms with E-state index in [0.29, 0.717) is 6.07 Å². The summed E-state index contributed by atoms with van der Waals surface area (Å²) < 4.78 is 23.6. The Bertz CT molecular complexity index is 887. The molecule has 1 atom stereocenters. The predicted molar refractivity (Wildman–Crippen MR) is 104 cm³/mol. The lowest BCUT2D eigenvalue weighted by Crippen LogP contribution is -2.15. The number of aliphatic hydroxyl groups excluding tert-OH is 1. The summed E-state index contributed by atoms with van der Waals surface area (Å²) in [7, 11) is 0. The molecule has 0 aliphatic carbocycles. The van der Waals surface area contributed by atoms with Crippen molar-refractivity contribution in [3.05, 3.63) is 43.2 Å². The Balaban J connectivity index is 3.52. The first-order valence-corrected chi connectivity index (χ1v) is 8.85. The highest BCUT2D eigenvalue weighted by molar-refractivity contribution is 6.39. The van der Waals surface area contributed by atoms with E-state index in [4.69, 9.17) is 32.7 Å². The number of halogens is 3. The molecule has 1 rings (SSSR count). The van der Waals surface area contributed by atoms with Gasteiger partial charge in [0.25, 0.3) is 0 Å². The van der Waals surface area contributed by atoms with Crippen LogP contribution in [0.3, 0.4) is 0 Å². The first kappa shape index (κ1) is 24.3. The summed E-state index contributed by atoms with van der Waals surface area (Å²) in [4.78, 5) is 37.1. The molecular formula is C17H17Cl2FN2O7. The van der Waals surface area contributed by atoms with Crippen molar-refractivity contribution in [2.45, 2.75) is 26.8 Å². The van der Waals surface area contributed by atoms with Gasteiger partial charge >= 0.3 is 17.6 Å². The molecule has 29 heavy (non-hydrogen) atoms. The number of hydrogen-bond donors (Lipinski definition) is 1. The molecule has 0 heterocycles. The molecule has 0 spiro atoms. The number of nitro groups is 1. The van der Waals surface area contributed by atoms with Crippen LogP contribution in [0.15, 0.2) is 16.6 Å². The predicted octanol–water partition coefficient (Wildman–Crippen LogP) is 3.90. The minimum Gasteiger partial charge on any atom is -0.506 e. The summed E-state index contributed by atoms with van der Waals surface area (Å²) in [5.74, 6) is -3.71. The van der Waals surface area contributed by atoms with Crippen LogP contribution in [-0.4, -0.2) is 47.4 Å². The topological polar surface area (TPSA) is 128 Å². The largest absolute Gasteiger partial charge is 0.506 e. The van der Waals surface area contributed by atoms with Crippen LogP contribution in [0.2, 0.25) is 10.0 Å². The molecule has 0 saturated carbocycles. The van der Waals surface area contributed by atoms with Gasteiger partial charge in [-0.1, -0.05) is 23.2 Å². The Morgan fingerprint density at radius 3 is 2.52 bits per heavy atom. The van der Waals surface area contributed by atoms with E-state index in [9.17, 15) is 29.2 Å². The Labute approximate surface area is 174 Å². The van der Waals surface area contributed by atoms with Crippen molar-refractivity contribution in [1.29, 1.82) is 0 Å². The zero-order chi connectivity index (χ0) is 22.3. The Morgan fingerprint density at radius 2 is 2.00 bits per heavy atom. The van der Waals surface area contributed by atoms with Gasteiger partial charge in [-0.3, -0.25) is 19.9 Å². The van der Waals surface area contributed by atoms with Crippen LogP contribution in [0.4, 0.5) is 10.1 Å². The lowest BCUT2D eigenvalue weighted by Gasteiger charge is -2.11. The highest BCUT2D eigenvalue weighted by Gasteiger charge is 2.29. The van der Waals surface area contributed by atoms with Crippen LogP contribution in [-0.2, 0) is 19.1 Å². The van der Waals surface area contributed by atoms with Gasteiger partial charge in [0.1, 0.15) is 28.8 Å². The number of ether oxygens (including phenoxy) is 2. The van der Waals surface area contributed by atoms with Crippen LogP contribution in [0.5, 0.6) is 0 Å². The molecular weight excluding hydrogens is 434 g/mol. The van der Waals surface area contributed by atoms with Gasteiger partial charge in [-0.05, 0) is 19.9 Å².